The van der Waals surface area contributed by atoms with Gasteiger partial charge >= 0.3 is 0 Å². The molecule has 0 bridgehead atoms. The molecule has 6 N–H and O–H groups in total. The normalized spacial score (nSPS) is 54.9. The summed E-state index contributed by atoms with van der Waals surface area (Å²) >= 11 is 0. The van der Waals surface area contributed by atoms with Gasteiger partial charge in [-0.25, -0.2) is 0 Å². The number of hydrogen-bond acceptors (Lipinski definition) is 6. The highest BCUT2D eigenvalue weighted by Gasteiger charge is 2.71. The van der Waals surface area contributed by atoms with Crippen LogP contribution in [-0.4, -0.2) is 66.8 Å². The van der Waals surface area contributed by atoms with Crippen LogP contribution in [0.25, 0.3) is 0 Å². The van der Waals surface area contributed by atoms with E-state index in [9.17, 15) is 30.6 Å². The van der Waals surface area contributed by atoms with Crippen LogP contribution in [0, 0.1) is 46.3 Å². The maximum atomic E-state index is 12.3. The van der Waals surface area contributed by atoms with Crippen molar-refractivity contribution in [3.05, 3.63) is 12.2 Å². The first-order valence-corrected chi connectivity index (χ1v) is 13.1. The van der Waals surface area contributed by atoms with E-state index in [1.807, 2.05) is 6.92 Å². The van der Waals surface area contributed by atoms with Gasteiger partial charge in [0.2, 0.25) is 0 Å². The van der Waals surface area contributed by atoms with Crippen molar-refractivity contribution in [1.29, 1.82) is 0 Å². The van der Waals surface area contributed by atoms with E-state index in [0.29, 0.717) is 19.3 Å². The molecule has 4 saturated carbocycles. The Labute approximate surface area is 198 Å². The van der Waals surface area contributed by atoms with Crippen LogP contribution < -0.4 is 0 Å². The lowest BCUT2D eigenvalue weighted by molar-refractivity contribution is -0.280. The van der Waals surface area contributed by atoms with Gasteiger partial charge in [-0.2, -0.15) is 0 Å². The van der Waals surface area contributed by atoms with E-state index >= 15 is 0 Å². The van der Waals surface area contributed by atoms with Crippen LogP contribution in [0.3, 0.4) is 0 Å². The van der Waals surface area contributed by atoms with E-state index < -0.39 is 47.5 Å². The first kappa shape index (κ1) is 25.6. The van der Waals surface area contributed by atoms with Crippen LogP contribution in [0.1, 0.15) is 73.1 Å². The maximum absolute atomic E-state index is 12.3. The monoisotopic (exact) mass is 466 g/mol. The maximum Gasteiger partial charge on any atom is 0.0857 e. The molecule has 14 atom stereocenters. The second kappa shape index (κ2) is 8.56. The van der Waals surface area contributed by atoms with Crippen LogP contribution >= 0.6 is 0 Å². The highest BCUT2D eigenvalue weighted by atomic mass is 16.3. The molecule has 4 rings (SSSR count). The van der Waals surface area contributed by atoms with Crippen LogP contribution in [-0.2, 0) is 0 Å². The fraction of sp³-hybridized carbons (Fsp3) is 0.926. The number of fused-ring (bicyclic) bond motifs is 5. The second-order valence-electron chi connectivity index (χ2n) is 12.7. The van der Waals surface area contributed by atoms with Crippen molar-refractivity contribution in [2.45, 2.75) is 109 Å². The largest absolute Gasteiger partial charge is 0.393 e. The smallest absolute Gasteiger partial charge is 0.0857 e. The van der Waals surface area contributed by atoms with Gasteiger partial charge in [0.25, 0.3) is 0 Å². The quantitative estimate of drug-likeness (QED) is 0.354. The van der Waals surface area contributed by atoms with E-state index in [1.54, 1.807) is 6.92 Å². The van der Waals surface area contributed by atoms with Crippen molar-refractivity contribution >= 4 is 0 Å². The zero-order valence-electron chi connectivity index (χ0n) is 20.9. The van der Waals surface area contributed by atoms with Crippen LogP contribution in [0.2, 0.25) is 0 Å². The SMILES string of the molecule is CC(/C=C/[C@@H](C)C1C[C@@H](O)C2[C@]1(C)CCC1[C@@]3(C)CC[C@H](O)[C@H](O)C3[C@@H](O)C[C@]12O)[C@@H](C)O. The Kier molecular flexibility index (Phi) is 6.64. The highest BCUT2D eigenvalue weighted by Crippen LogP contribution is 2.69. The molecule has 0 aromatic carbocycles. The molecule has 0 aromatic rings. The van der Waals surface area contributed by atoms with Crippen LogP contribution in [0.5, 0.6) is 0 Å². The minimum Gasteiger partial charge on any atom is -0.393 e. The zero-order valence-corrected chi connectivity index (χ0v) is 20.9. The second-order valence-corrected chi connectivity index (χ2v) is 12.7. The topological polar surface area (TPSA) is 121 Å². The molecule has 0 heterocycles. The first-order chi connectivity index (χ1) is 15.3. The van der Waals surface area contributed by atoms with Gasteiger partial charge < -0.3 is 30.6 Å². The predicted molar refractivity (Wildman–Crippen MR) is 126 cm³/mol. The average Bonchev–Trinajstić information content (AvgIpc) is 3.00. The molecule has 0 aliphatic heterocycles. The number of allylic oxidation sites excluding steroid dienone is 1. The third kappa shape index (κ3) is 3.75. The van der Waals surface area contributed by atoms with E-state index in [4.69, 9.17) is 0 Å². The van der Waals surface area contributed by atoms with Gasteiger partial charge in [0.1, 0.15) is 0 Å². The Morgan fingerprint density at radius 3 is 2.12 bits per heavy atom. The summed E-state index contributed by atoms with van der Waals surface area (Å²) < 4.78 is 0. The molecule has 0 radical (unpaired) electrons. The summed E-state index contributed by atoms with van der Waals surface area (Å²) in [5.74, 6) is -0.487. The molecule has 190 valence electrons. The highest BCUT2D eigenvalue weighted by molar-refractivity contribution is 5.21. The van der Waals surface area contributed by atoms with Gasteiger partial charge in [0, 0.05) is 18.3 Å². The molecular weight excluding hydrogens is 420 g/mol. The van der Waals surface area contributed by atoms with Gasteiger partial charge in [-0.1, -0.05) is 39.8 Å². The predicted octanol–water partition coefficient (Wildman–Crippen LogP) is 2.24. The summed E-state index contributed by atoms with van der Waals surface area (Å²) in [5, 5.41) is 65.7. The van der Waals surface area contributed by atoms with E-state index in [1.165, 1.54) is 0 Å². The summed E-state index contributed by atoms with van der Waals surface area (Å²) in [5.41, 5.74) is -1.95. The van der Waals surface area contributed by atoms with Crippen LogP contribution in [0.4, 0.5) is 0 Å². The number of aliphatic hydroxyl groups excluding tert-OH is 5. The number of hydrogen-bond donors (Lipinski definition) is 6. The summed E-state index contributed by atoms with van der Waals surface area (Å²) in [4.78, 5) is 0. The third-order valence-corrected chi connectivity index (χ3v) is 10.9. The van der Waals surface area contributed by atoms with Crippen LogP contribution in [0.15, 0.2) is 12.2 Å². The van der Waals surface area contributed by atoms with Crippen molar-refractivity contribution in [2.24, 2.45) is 46.3 Å². The summed E-state index contributed by atoms with van der Waals surface area (Å²) in [6.45, 7) is 10.2. The minimum absolute atomic E-state index is 0.0563. The Morgan fingerprint density at radius 1 is 0.848 bits per heavy atom. The van der Waals surface area contributed by atoms with Crippen molar-refractivity contribution in [1.82, 2.24) is 0 Å². The van der Waals surface area contributed by atoms with Gasteiger partial charge in [0.05, 0.1) is 36.1 Å². The summed E-state index contributed by atoms with van der Waals surface area (Å²) in [6.07, 6.45) is 3.94. The molecule has 0 aromatic heterocycles. The lowest BCUT2D eigenvalue weighted by Gasteiger charge is -2.66. The summed E-state index contributed by atoms with van der Waals surface area (Å²) in [7, 11) is 0. The van der Waals surface area contributed by atoms with E-state index in [2.05, 4.69) is 32.9 Å². The molecule has 4 fully saturated rings. The lowest BCUT2D eigenvalue weighted by Crippen LogP contribution is -2.70. The van der Waals surface area contributed by atoms with Gasteiger partial charge in [-0.3, -0.25) is 0 Å². The Bertz CT molecular complexity index is 755. The number of aliphatic hydroxyl groups is 6. The molecular formula is C27H46O6. The van der Waals surface area contributed by atoms with Crippen molar-refractivity contribution in [3.63, 3.8) is 0 Å². The third-order valence-electron chi connectivity index (χ3n) is 10.9. The lowest BCUT2D eigenvalue weighted by atomic mass is 9.41. The molecule has 6 nitrogen and oxygen atoms in total. The van der Waals surface area contributed by atoms with Gasteiger partial charge in [-0.05, 0) is 73.5 Å². The molecule has 4 aliphatic carbocycles. The van der Waals surface area contributed by atoms with Crippen molar-refractivity contribution < 1.29 is 30.6 Å². The Hall–Kier alpha value is -0.500. The molecule has 0 saturated heterocycles. The molecule has 4 aliphatic rings. The molecule has 0 amide bonds. The standard InChI is InChI=1S/C27H46O6/c1-14(16(3)28)6-7-15(2)17-12-19(30)24-25(17,4)11-9-21-26(5)10-8-18(29)23(32)22(26)20(31)13-27(21,24)33/h6-7,14-24,28-33H,8-13H2,1-5H3/b7-6+/t14?,15-,16-,17?,18+,19-,20+,21?,22?,23+,24?,25-,26-,27+/m1/s1. The van der Waals surface area contributed by atoms with Gasteiger partial charge in [0.15, 0.2) is 0 Å². The van der Waals surface area contributed by atoms with E-state index in [0.717, 1.165) is 12.8 Å². The Morgan fingerprint density at radius 2 is 1.48 bits per heavy atom. The fourth-order valence-electron chi connectivity index (χ4n) is 9.09. The number of rotatable bonds is 4. The van der Waals surface area contributed by atoms with Crippen molar-refractivity contribution in [2.75, 3.05) is 0 Å². The van der Waals surface area contributed by atoms with Crippen molar-refractivity contribution in [3.8, 4) is 0 Å². The molecule has 5 unspecified atom stereocenters. The summed E-state index contributed by atoms with van der Waals surface area (Å²) in [6, 6.07) is 0. The average molecular weight is 467 g/mol. The van der Waals surface area contributed by atoms with Gasteiger partial charge in [-0.15, -0.1) is 0 Å². The molecule has 6 heteroatoms. The fourth-order valence-corrected chi connectivity index (χ4v) is 9.09. The zero-order chi connectivity index (χ0) is 24.5. The molecule has 33 heavy (non-hydrogen) atoms. The van der Waals surface area contributed by atoms with E-state index in [-0.39, 0.29) is 41.4 Å². The Balaban J connectivity index is 1.65. The minimum atomic E-state index is -1.20. The first-order valence-electron chi connectivity index (χ1n) is 13.1. The molecule has 0 spiro atoms.